The van der Waals surface area contributed by atoms with Crippen molar-refractivity contribution in [3.63, 3.8) is 0 Å². The van der Waals surface area contributed by atoms with Crippen LogP contribution in [0.25, 0.3) is 0 Å². The summed E-state index contributed by atoms with van der Waals surface area (Å²) in [5.41, 5.74) is 2.07. The average molecular weight is 409 g/mol. The van der Waals surface area contributed by atoms with E-state index in [1.807, 2.05) is 32.0 Å². The Morgan fingerprint density at radius 1 is 1.10 bits per heavy atom. The van der Waals surface area contributed by atoms with E-state index in [4.69, 9.17) is 0 Å². The van der Waals surface area contributed by atoms with Crippen LogP contribution >= 0.6 is 0 Å². The van der Waals surface area contributed by atoms with Gasteiger partial charge in [-0.3, -0.25) is 24.4 Å². The number of nitrogens with one attached hydrogen (secondary N) is 1. The monoisotopic (exact) mass is 409 g/mol. The summed E-state index contributed by atoms with van der Waals surface area (Å²) < 4.78 is 0. The zero-order valence-electron chi connectivity index (χ0n) is 17.4. The van der Waals surface area contributed by atoms with Crippen LogP contribution in [0, 0.1) is 6.92 Å². The van der Waals surface area contributed by atoms with Crippen molar-refractivity contribution in [3.05, 3.63) is 59.7 Å². The molecule has 2 aromatic rings. The van der Waals surface area contributed by atoms with E-state index >= 15 is 0 Å². The largest absolute Gasteiger partial charge is 0.348 e. The van der Waals surface area contributed by atoms with E-state index in [1.165, 1.54) is 4.90 Å². The Balaban J connectivity index is 1.77. The van der Waals surface area contributed by atoms with Crippen molar-refractivity contribution in [1.29, 1.82) is 0 Å². The van der Waals surface area contributed by atoms with Crippen LogP contribution in [0.1, 0.15) is 42.8 Å². The number of rotatable bonds is 8. The summed E-state index contributed by atoms with van der Waals surface area (Å²) in [7, 11) is 0. The zero-order valence-corrected chi connectivity index (χ0v) is 17.4. The number of hydrogen-bond acceptors (Lipinski definition) is 5. The molecule has 1 N–H and O–H groups in total. The number of aryl methyl sites for hydroxylation is 1. The number of aromatic nitrogens is 2. The first-order valence-corrected chi connectivity index (χ1v) is 10.2. The fourth-order valence-corrected chi connectivity index (χ4v) is 3.39. The lowest BCUT2D eigenvalue weighted by Crippen LogP contribution is -2.57. The summed E-state index contributed by atoms with van der Waals surface area (Å²) in [6, 6.07) is 8.16. The second-order valence-electron chi connectivity index (χ2n) is 7.32. The number of hydrogen-bond donors (Lipinski definition) is 1. The summed E-state index contributed by atoms with van der Waals surface area (Å²) >= 11 is 0. The quantitative estimate of drug-likeness (QED) is 0.669. The fourth-order valence-electron chi connectivity index (χ4n) is 3.39. The van der Waals surface area contributed by atoms with Gasteiger partial charge in [0.1, 0.15) is 6.04 Å². The predicted octanol–water partition coefficient (Wildman–Crippen LogP) is 1.61. The highest BCUT2D eigenvalue weighted by Crippen LogP contribution is 2.24. The van der Waals surface area contributed by atoms with Crippen LogP contribution in [-0.2, 0) is 20.9 Å². The minimum absolute atomic E-state index is 0.189. The van der Waals surface area contributed by atoms with Crippen LogP contribution < -0.4 is 5.32 Å². The van der Waals surface area contributed by atoms with E-state index in [-0.39, 0.29) is 12.5 Å². The molecular weight excluding hydrogens is 382 g/mol. The molecule has 1 aliphatic heterocycles. The average Bonchev–Trinajstić information content (AvgIpc) is 2.76. The molecule has 158 valence electrons. The maximum absolute atomic E-state index is 13.1. The van der Waals surface area contributed by atoms with Crippen LogP contribution in [0.4, 0.5) is 0 Å². The molecule has 2 heterocycles. The number of carbonyl (C=O) groups is 3. The smallest absolute Gasteiger partial charge is 0.313 e. The van der Waals surface area contributed by atoms with Crippen LogP contribution in [0.15, 0.2) is 42.7 Å². The topological polar surface area (TPSA) is 95.5 Å². The second-order valence-corrected chi connectivity index (χ2v) is 7.32. The first-order valence-electron chi connectivity index (χ1n) is 10.2. The van der Waals surface area contributed by atoms with Crippen molar-refractivity contribution >= 4 is 17.7 Å². The summed E-state index contributed by atoms with van der Waals surface area (Å²) in [6.45, 7) is 5.35. The number of carbonyl (C=O) groups excluding carboxylic acids is 3. The van der Waals surface area contributed by atoms with E-state index < -0.39 is 17.9 Å². The molecule has 8 nitrogen and oxygen atoms in total. The van der Waals surface area contributed by atoms with Crippen molar-refractivity contribution in [3.8, 4) is 0 Å². The Morgan fingerprint density at radius 3 is 2.53 bits per heavy atom. The number of piperazine rings is 1. The third-order valence-corrected chi connectivity index (χ3v) is 5.08. The van der Waals surface area contributed by atoms with Gasteiger partial charge in [0, 0.05) is 25.8 Å². The van der Waals surface area contributed by atoms with E-state index in [2.05, 4.69) is 15.3 Å². The first kappa shape index (κ1) is 21.4. The summed E-state index contributed by atoms with van der Waals surface area (Å²) in [5, 5.41) is 2.83. The van der Waals surface area contributed by atoms with Gasteiger partial charge in [-0.25, -0.2) is 0 Å². The Hall–Kier alpha value is -3.29. The molecule has 3 rings (SSSR count). The van der Waals surface area contributed by atoms with Gasteiger partial charge in [-0.15, -0.1) is 0 Å². The molecule has 3 amide bonds. The van der Waals surface area contributed by atoms with Gasteiger partial charge in [0.15, 0.2) is 0 Å². The molecule has 0 unspecified atom stereocenters. The van der Waals surface area contributed by atoms with Gasteiger partial charge in [-0.1, -0.05) is 43.7 Å². The van der Waals surface area contributed by atoms with Crippen LogP contribution in [-0.4, -0.2) is 57.1 Å². The third kappa shape index (κ3) is 5.00. The molecule has 0 spiro atoms. The van der Waals surface area contributed by atoms with Crippen LogP contribution in [0.3, 0.4) is 0 Å². The highest BCUT2D eigenvalue weighted by atomic mass is 16.2. The van der Waals surface area contributed by atoms with Gasteiger partial charge < -0.3 is 15.1 Å². The molecule has 1 aromatic carbocycles. The minimum atomic E-state index is -0.880. The zero-order chi connectivity index (χ0) is 21.5. The highest BCUT2D eigenvalue weighted by Gasteiger charge is 2.39. The van der Waals surface area contributed by atoms with Crippen molar-refractivity contribution in [2.24, 2.45) is 0 Å². The van der Waals surface area contributed by atoms with Crippen LogP contribution in [0.5, 0.6) is 0 Å². The second kappa shape index (κ2) is 9.96. The molecule has 0 bridgehead atoms. The van der Waals surface area contributed by atoms with E-state index in [0.717, 1.165) is 18.5 Å². The van der Waals surface area contributed by atoms with Crippen molar-refractivity contribution in [2.45, 2.75) is 39.3 Å². The normalized spacial score (nSPS) is 15.3. The lowest BCUT2D eigenvalue weighted by Gasteiger charge is -2.38. The molecule has 1 atom stereocenters. The molecule has 0 aliphatic carbocycles. The van der Waals surface area contributed by atoms with Gasteiger partial charge in [0.05, 0.1) is 24.1 Å². The van der Waals surface area contributed by atoms with E-state index in [0.29, 0.717) is 30.9 Å². The molecule has 30 heavy (non-hydrogen) atoms. The van der Waals surface area contributed by atoms with Crippen molar-refractivity contribution < 1.29 is 14.4 Å². The van der Waals surface area contributed by atoms with Crippen molar-refractivity contribution in [1.82, 2.24) is 25.1 Å². The Kier molecular flexibility index (Phi) is 7.11. The molecule has 1 saturated heterocycles. The lowest BCUT2D eigenvalue weighted by atomic mass is 10.0. The minimum Gasteiger partial charge on any atom is -0.348 e. The Morgan fingerprint density at radius 2 is 1.87 bits per heavy atom. The Labute approximate surface area is 176 Å². The molecule has 0 radical (unpaired) electrons. The highest BCUT2D eigenvalue weighted by molar-refractivity contribution is 6.35. The first-order chi connectivity index (χ1) is 14.5. The van der Waals surface area contributed by atoms with Gasteiger partial charge in [0.2, 0.25) is 5.91 Å². The summed E-state index contributed by atoms with van der Waals surface area (Å²) in [4.78, 5) is 49.9. The van der Waals surface area contributed by atoms with Gasteiger partial charge in [0.25, 0.3) is 0 Å². The Bertz CT molecular complexity index is 885. The predicted molar refractivity (Wildman–Crippen MR) is 111 cm³/mol. The molecule has 1 aliphatic rings. The fraction of sp³-hybridized carbons (Fsp3) is 0.409. The number of unbranched alkanes of at least 4 members (excludes halogenated alkanes) is 1. The standard InChI is InChI=1S/C22H27N5O3/c1-3-4-10-26-11-12-27(22(30)21(26)29)19(17-8-6-5-7-9-17)20(28)25-15-18-14-23-16(2)13-24-18/h5-9,13-14,19H,3-4,10-12,15H2,1-2H3,(H,25,28)/t19-/m0/s1. The van der Waals surface area contributed by atoms with Gasteiger partial charge in [-0.05, 0) is 18.9 Å². The number of amides is 3. The third-order valence-electron chi connectivity index (χ3n) is 5.08. The summed E-state index contributed by atoms with van der Waals surface area (Å²) in [6.07, 6.45) is 5.03. The molecule has 8 heteroatoms. The summed E-state index contributed by atoms with van der Waals surface area (Å²) in [5.74, 6) is -1.55. The molecule has 1 aromatic heterocycles. The molecular formula is C22H27N5O3. The maximum Gasteiger partial charge on any atom is 0.313 e. The molecule has 1 fully saturated rings. The van der Waals surface area contributed by atoms with Crippen molar-refractivity contribution in [2.75, 3.05) is 19.6 Å². The lowest BCUT2D eigenvalue weighted by molar-refractivity contribution is -0.159. The number of nitrogens with zero attached hydrogens (tertiary/aromatic N) is 4. The molecule has 0 saturated carbocycles. The SMILES string of the molecule is CCCCN1CCN([C@H](C(=O)NCc2cnc(C)cn2)c2ccccc2)C(=O)C1=O. The van der Waals surface area contributed by atoms with Gasteiger partial charge in [-0.2, -0.15) is 0 Å². The maximum atomic E-state index is 13.1. The van der Waals surface area contributed by atoms with Crippen LogP contribution in [0.2, 0.25) is 0 Å². The van der Waals surface area contributed by atoms with E-state index in [9.17, 15) is 14.4 Å². The van der Waals surface area contributed by atoms with E-state index in [1.54, 1.807) is 29.4 Å². The number of benzene rings is 1. The van der Waals surface area contributed by atoms with Gasteiger partial charge >= 0.3 is 11.8 Å².